The van der Waals surface area contributed by atoms with E-state index in [4.69, 9.17) is 17.0 Å². The molecule has 0 fully saturated rings. The monoisotopic (exact) mass is 386 g/mol. The van der Waals surface area contributed by atoms with Gasteiger partial charge in [0.25, 0.3) is 5.69 Å². The number of hydrogen-bond acceptors (Lipinski definition) is 5. The van der Waals surface area contributed by atoms with Crippen molar-refractivity contribution in [1.82, 2.24) is 10.7 Å². The van der Waals surface area contributed by atoms with Gasteiger partial charge in [0.1, 0.15) is 5.75 Å². The first-order chi connectivity index (χ1) is 13.1. The molecule has 2 rings (SSSR count). The molecule has 0 bridgehead atoms. The lowest BCUT2D eigenvalue weighted by atomic mass is 10.2. The van der Waals surface area contributed by atoms with Crippen LogP contribution in [0.3, 0.4) is 0 Å². The molecular formula is C19H22N4O3S. The van der Waals surface area contributed by atoms with Gasteiger partial charge in [-0.2, -0.15) is 5.10 Å². The molecule has 0 unspecified atom stereocenters. The largest absolute Gasteiger partial charge is 0.494 e. The number of nitrogens with zero attached hydrogens (tertiary/aromatic N) is 2. The molecule has 142 valence electrons. The summed E-state index contributed by atoms with van der Waals surface area (Å²) in [6.07, 6.45) is 3.70. The fourth-order valence-corrected chi connectivity index (χ4v) is 2.23. The number of nitro groups is 1. The van der Waals surface area contributed by atoms with Gasteiger partial charge in [-0.05, 0) is 54.0 Å². The van der Waals surface area contributed by atoms with E-state index in [9.17, 15) is 10.1 Å². The van der Waals surface area contributed by atoms with Gasteiger partial charge in [-0.3, -0.25) is 15.5 Å². The number of thiocarbonyl (C=S) groups is 1. The van der Waals surface area contributed by atoms with Gasteiger partial charge in [0.15, 0.2) is 5.11 Å². The molecule has 0 radical (unpaired) electrons. The maximum Gasteiger partial charge on any atom is 0.269 e. The van der Waals surface area contributed by atoms with Crippen molar-refractivity contribution in [3.63, 3.8) is 0 Å². The van der Waals surface area contributed by atoms with Gasteiger partial charge in [-0.1, -0.05) is 25.5 Å². The van der Waals surface area contributed by atoms with E-state index in [0.717, 1.165) is 36.3 Å². The number of unbranched alkanes of at least 4 members (excludes halogenated alkanes) is 1. The predicted octanol–water partition coefficient (Wildman–Crippen LogP) is 3.77. The minimum absolute atomic E-state index is 0.0408. The van der Waals surface area contributed by atoms with E-state index in [-0.39, 0.29) is 5.69 Å². The summed E-state index contributed by atoms with van der Waals surface area (Å²) in [5, 5.41) is 18.1. The molecular weight excluding hydrogens is 364 g/mol. The summed E-state index contributed by atoms with van der Waals surface area (Å²) >= 11 is 5.17. The molecule has 2 aromatic carbocycles. The van der Waals surface area contributed by atoms with Crippen molar-refractivity contribution in [2.45, 2.75) is 26.3 Å². The second kappa shape index (κ2) is 10.9. The number of ether oxygens (including phenoxy) is 1. The van der Waals surface area contributed by atoms with E-state index < -0.39 is 4.92 Å². The Morgan fingerprint density at radius 2 is 1.93 bits per heavy atom. The molecule has 0 amide bonds. The zero-order chi connectivity index (χ0) is 19.5. The van der Waals surface area contributed by atoms with Crippen molar-refractivity contribution < 1.29 is 9.66 Å². The highest BCUT2D eigenvalue weighted by Gasteiger charge is 2.02. The van der Waals surface area contributed by atoms with E-state index in [1.54, 1.807) is 18.3 Å². The van der Waals surface area contributed by atoms with Crippen LogP contribution in [0.5, 0.6) is 5.75 Å². The molecule has 2 aromatic rings. The van der Waals surface area contributed by atoms with Crippen LogP contribution in [0, 0.1) is 10.1 Å². The Morgan fingerprint density at radius 1 is 1.22 bits per heavy atom. The average Bonchev–Trinajstić information content (AvgIpc) is 2.68. The number of benzene rings is 2. The normalized spacial score (nSPS) is 10.6. The van der Waals surface area contributed by atoms with Crippen LogP contribution in [0.2, 0.25) is 0 Å². The van der Waals surface area contributed by atoms with Gasteiger partial charge in [0.2, 0.25) is 0 Å². The number of nitro benzene ring substituents is 1. The summed E-state index contributed by atoms with van der Waals surface area (Å²) in [6.45, 7) is 3.42. The van der Waals surface area contributed by atoms with E-state index >= 15 is 0 Å². The highest BCUT2D eigenvalue weighted by Crippen LogP contribution is 2.13. The average molecular weight is 386 g/mol. The van der Waals surface area contributed by atoms with Crippen LogP contribution in [0.1, 0.15) is 30.9 Å². The first-order valence-electron chi connectivity index (χ1n) is 8.61. The Labute approximate surface area is 163 Å². The fourth-order valence-electron chi connectivity index (χ4n) is 2.11. The first kappa shape index (κ1) is 20.3. The van der Waals surface area contributed by atoms with Gasteiger partial charge < -0.3 is 10.1 Å². The van der Waals surface area contributed by atoms with Crippen LogP contribution in [0.15, 0.2) is 53.6 Å². The molecule has 0 spiro atoms. The smallest absolute Gasteiger partial charge is 0.269 e. The zero-order valence-electron chi connectivity index (χ0n) is 15.1. The lowest BCUT2D eigenvalue weighted by Crippen LogP contribution is -2.31. The molecule has 0 atom stereocenters. The molecule has 0 aliphatic carbocycles. The zero-order valence-corrected chi connectivity index (χ0v) is 15.9. The van der Waals surface area contributed by atoms with Crippen molar-refractivity contribution in [3.8, 4) is 5.75 Å². The van der Waals surface area contributed by atoms with Crippen molar-refractivity contribution >= 4 is 29.2 Å². The van der Waals surface area contributed by atoms with Crippen LogP contribution in [0.25, 0.3) is 0 Å². The summed E-state index contributed by atoms with van der Waals surface area (Å²) in [5.41, 5.74) is 4.56. The third kappa shape index (κ3) is 7.41. The fraction of sp³-hybridized carbons (Fsp3) is 0.263. The van der Waals surface area contributed by atoms with Crippen LogP contribution in [0.4, 0.5) is 5.69 Å². The Hall–Kier alpha value is -3.00. The molecule has 0 aliphatic heterocycles. The van der Waals surface area contributed by atoms with Crippen molar-refractivity contribution in [2.75, 3.05) is 6.61 Å². The lowest BCUT2D eigenvalue weighted by molar-refractivity contribution is -0.384. The second-order valence-electron chi connectivity index (χ2n) is 5.75. The second-order valence-corrected chi connectivity index (χ2v) is 6.16. The third-order valence-electron chi connectivity index (χ3n) is 3.63. The Balaban J connectivity index is 1.73. The first-order valence-corrected chi connectivity index (χ1v) is 9.02. The summed E-state index contributed by atoms with van der Waals surface area (Å²) in [4.78, 5) is 10.2. The standard InChI is InChI=1S/C19H22N4O3S/c1-2-3-12-26-18-10-6-15(7-11-18)13-20-19(27)22-21-14-16-4-8-17(9-5-16)23(24)25/h4-11,14H,2-3,12-13H2,1H3,(H2,20,22,27)/b21-14-. The van der Waals surface area contributed by atoms with Gasteiger partial charge in [-0.25, -0.2) is 0 Å². The van der Waals surface area contributed by atoms with Gasteiger partial charge >= 0.3 is 0 Å². The summed E-state index contributed by atoms with van der Waals surface area (Å²) < 4.78 is 5.63. The van der Waals surface area contributed by atoms with E-state index in [0.29, 0.717) is 11.7 Å². The lowest BCUT2D eigenvalue weighted by Gasteiger charge is -2.09. The summed E-state index contributed by atoms with van der Waals surface area (Å²) in [6, 6.07) is 13.9. The number of rotatable bonds is 9. The minimum atomic E-state index is -0.442. The highest BCUT2D eigenvalue weighted by molar-refractivity contribution is 7.80. The van der Waals surface area contributed by atoms with Crippen molar-refractivity contribution in [3.05, 3.63) is 69.8 Å². The van der Waals surface area contributed by atoms with Crippen molar-refractivity contribution in [2.24, 2.45) is 5.10 Å². The molecule has 0 saturated heterocycles. The van der Waals surface area contributed by atoms with Gasteiger partial charge in [-0.15, -0.1) is 0 Å². The Kier molecular flexibility index (Phi) is 8.18. The molecule has 27 heavy (non-hydrogen) atoms. The molecule has 0 aliphatic rings. The molecule has 0 aromatic heterocycles. The van der Waals surface area contributed by atoms with Gasteiger partial charge in [0.05, 0.1) is 17.7 Å². The number of hydrogen-bond donors (Lipinski definition) is 2. The number of nitrogens with one attached hydrogen (secondary N) is 2. The number of non-ortho nitro benzene ring substituents is 1. The quantitative estimate of drug-likeness (QED) is 0.224. The number of hydrazone groups is 1. The van der Waals surface area contributed by atoms with Gasteiger partial charge in [0, 0.05) is 18.7 Å². The predicted molar refractivity (Wildman–Crippen MR) is 110 cm³/mol. The molecule has 0 saturated carbocycles. The minimum Gasteiger partial charge on any atom is -0.494 e. The molecule has 7 nitrogen and oxygen atoms in total. The summed E-state index contributed by atoms with van der Waals surface area (Å²) in [5.74, 6) is 0.862. The Bertz CT molecular complexity index is 777. The van der Waals surface area contributed by atoms with E-state index in [2.05, 4.69) is 22.8 Å². The molecule has 2 N–H and O–H groups in total. The maximum atomic E-state index is 10.6. The van der Waals surface area contributed by atoms with E-state index in [1.165, 1.54) is 12.1 Å². The SMILES string of the molecule is CCCCOc1ccc(CNC(=S)N/N=C\c2ccc([N+](=O)[O-])cc2)cc1. The highest BCUT2D eigenvalue weighted by atomic mass is 32.1. The topological polar surface area (TPSA) is 88.8 Å². The third-order valence-corrected chi connectivity index (χ3v) is 3.86. The molecule has 0 heterocycles. The van der Waals surface area contributed by atoms with Crippen LogP contribution < -0.4 is 15.5 Å². The Morgan fingerprint density at radius 3 is 2.56 bits per heavy atom. The summed E-state index contributed by atoms with van der Waals surface area (Å²) in [7, 11) is 0. The molecule has 8 heteroatoms. The van der Waals surface area contributed by atoms with Crippen LogP contribution in [-0.2, 0) is 6.54 Å². The maximum absolute atomic E-state index is 10.6. The van der Waals surface area contributed by atoms with Crippen LogP contribution in [-0.4, -0.2) is 22.9 Å². The van der Waals surface area contributed by atoms with Crippen molar-refractivity contribution in [1.29, 1.82) is 0 Å². The van der Waals surface area contributed by atoms with Crippen LogP contribution >= 0.6 is 12.2 Å². The van der Waals surface area contributed by atoms with E-state index in [1.807, 2.05) is 24.3 Å².